The van der Waals surface area contributed by atoms with Crippen molar-refractivity contribution in [3.8, 4) is 0 Å². The van der Waals surface area contributed by atoms with Gasteiger partial charge in [-0.1, -0.05) is 0 Å². The summed E-state index contributed by atoms with van der Waals surface area (Å²) in [5, 5.41) is 12.1. The Kier molecular flexibility index (Phi) is 3.40. The van der Waals surface area contributed by atoms with Gasteiger partial charge in [0.25, 0.3) is 0 Å². The number of nitrogens with one attached hydrogen (secondary N) is 1. The summed E-state index contributed by atoms with van der Waals surface area (Å²) in [5.74, 6) is -2.47. The van der Waals surface area contributed by atoms with Crippen LogP contribution in [0.15, 0.2) is 24.5 Å². The smallest absolute Gasteiger partial charge is 0.310 e. The minimum Gasteiger partial charge on any atom is -0.481 e. The summed E-state index contributed by atoms with van der Waals surface area (Å²) in [7, 11) is 0. The summed E-state index contributed by atoms with van der Waals surface area (Å²) in [6.45, 7) is 0.377. The molecule has 3 rings (SSSR count). The van der Waals surface area contributed by atoms with Gasteiger partial charge in [0.1, 0.15) is 0 Å². The monoisotopic (exact) mass is 276 g/mol. The molecule has 6 nitrogen and oxygen atoms in total. The minimum atomic E-state index is -0.943. The molecule has 2 bridgehead atoms. The first-order valence-electron chi connectivity index (χ1n) is 6.71. The number of carboxylic acids is 1. The highest BCUT2D eigenvalue weighted by molar-refractivity contribution is 5.86. The largest absolute Gasteiger partial charge is 0.481 e. The molecular weight excluding hydrogens is 260 g/mol. The lowest BCUT2D eigenvalue weighted by molar-refractivity contribution is -0.147. The third kappa shape index (κ3) is 2.27. The fraction of sp³-hybridized carbons (Fsp3) is 0.500. The van der Waals surface area contributed by atoms with Gasteiger partial charge in [-0.2, -0.15) is 0 Å². The Hall–Kier alpha value is -1.95. The molecule has 1 aromatic rings. The van der Waals surface area contributed by atoms with Crippen LogP contribution in [0.2, 0.25) is 0 Å². The summed E-state index contributed by atoms with van der Waals surface area (Å²) < 4.78 is 5.58. The first-order valence-corrected chi connectivity index (χ1v) is 6.71. The molecule has 2 saturated heterocycles. The number of pyridine rings is 1. The van der Waals surface area contributed by atoms with Gasteiger partial charge in [0.05, 0.1) is 24.0 Å². The maximum atomic E-state index is 12.3. The van der Waals surface area contributed by atoms with Crippen molar-refractivity contribution >= 4 is 11.9 Å². The third-order valence-electron chi connectivity index (χ3n) is 4.08. The van der Waals surface area contributed by atoms with Crippen LogP contribution in [0.5, 0.6) is 0 Å². The normalized spacial score (nSPS) is 31.2. The van der Waals surface area contributed by atoms with E-state index in [2.05, 4.69) is 10.3 Å². The highest BCUT2D eigenvalue weighted by Crippen LogP contribution is 2.43. The van der Waals surface area contributed by atoms with Crippen molar-refractivity contribution in [2.75, 3.05) is 0 Å². The molecule has 0 radical (unpaired) electrons. The lowest BCUT2D eigenvalue weighted by Gasteiger charge is -2.23. The summed E-state index contributed by atoms with van der Waals surface area (Å²) in [4.78, 5) is 27.5. The van der Waals surface area contributed by atoms with Crippen LogP contribution in [-0.2, 0) is 20.9 Å². The quantitative estimate of drug-likeness (QED) is 0.839. The van der Waals surface area contributed by atoms with Crippen LogP contribution >= 0.6 is 0 Å². The second-order valence-electron chi connectivity index (χ2n) is 5.25. The molecule has 0 unspecified atom stereocenters. The molecule has 0 spiro atoms. The van der Waals surface area contributed by atoms with Crippen LogP contribution in [0.25, 0.3) is 0 Å². The highest BCUT2D eigenvalue weighted by Gasteiger charge is 2.55. The molecule has 20 heavy (non-hydrogen) atoms. The zero-order valence-electron chi connectivity index (χ0n) is 10.9. The second-order valence-corrected chi connectivity index (χ2v) is 5.25. The molecule has 1 amide bonds. The summed E-state index contributed by atoms with van der Waals surface area (Å²) >= 11 is 0. The lowest BCUT2D eigenvalue weighted by Crippen LogP contribution is -2.43. The lowest BCUT2D eigenvalue weighted by atomic mass is 9.78. The van der Waals surface area contributed by atoms with E-state index in [9.17, 15) is 14.7 Å². The molecule has 0 aromatic carbocycles. The van der Waals surface area contributed by atoms with E-state index in [1.165, 1.54) is 0 Å². The van der Waals surface area contributed by atoms with Crippen molar-refractivity contribution in [1.29, 1.82) is 0 Å². The predicted octanol–water partition coefficient (Wildman–Crippen LogP) is 0.576. The average Bonchev–Trinajstić information content (AvgIpc) is 3.06. The number of hydrogen-bond acceptors (Lipinski definition) is 4. The molecule has 2 fully saturated rings. The number of carbonyl (C=O) groups excluding carboxylic acids is 1. The van der Waals surface area contributed by atoms with E-state index in [1.54, 1.807) is 12.4 Å². The topological polar surface area (TPSA) is 88.5 Å². The Morgan fingerprint density at radius 1 is 1.25 bits per heavy atom. The summed E-state index contributed by atoms with van der Waals surface area (Å²) in [5.41, 5.74) is 0.935. The van der Waals surface area contributed by atoms with Crippen LogP contribution < -0.4 is 5.32 Å². The number of aliphatic carboxylic acids is 1. The van der Waals surface area contributed by atoms with E-state index in [4.69, 9.17) is 4.74 Å². The molecule has 0 aliphatic carbocycles. The molecule has 2 N–H and O–H groups in total. The maximum absolute atomic E-state index is 12.3. The SMILES string of the molecule is O=C(O)[C@@H]1[C@@H](C(=O)NCc2ccncc2)[C@H]2CC[C@H]1O2. The van der Waals surface area contributed by atoms with Gasteiger partial charge in [-0.15, -0.1) is 0 Å². The van der Waals surface area contributed by atoms with Crippen LogP contribution in [0.4, 0.5) is 0 Å². The fourth-order valence-corrected chi connectivity index (χ4v) is 3.13. The number of fused-ring (bicyclic) bond motifs is 2. The molecule has 2 aliphatic rings. The molecule has 1 aromatic heterocycles. The van der Waals surface area contributed by atoms with Crippen molar-refractivity contribution in [2.24, 2.45) is 11.8 Å². The average molecular weight is 276 g/mol. The molecule has 4 atom stereocenters. The number of amides is 1. The highest BCUT2D eigenvalue weighted by atomic mass is 16.5. The first-order chi connectivity index (χ1) is 9.66. The number of aromatic nitrogens is 1. The minimum absolute atomic E-state index is 0.235. The number of carboxylic acid groups (broad SMARTS) is 1. The zero-order valence-corrected chi connectivity index (χ0v) is 10.9. The molecule has 2 aliphatic heterocycles. The number of ether oxygens (including phenoxy) is 1. The Morgan fingerprint density at radius 2 is 1.90 bits per heavy atom. The summed E-state index contributed by atoms with van der Waals surface area (Å²) in [6.07, 6.45) is 4.25. The Labute approximate surface area is 116 Å². The maximum Gasteiger partial charge on any atom is 0.310 e. The van der Waals surface area contributed by atoms with Crippen molar-refractivity contribution in [3.63, 3.8) is 0 Å². The van der Waals surface area contributed by atoms with Crippen LogP contribution in [0.1, 0.15) is 18.4 Å². The fourth-order valence-electron chi connectivity index (χ4n) is 3.13. The number of hydrogen-bond donors (Lipinski definition) is 2. The van der Waals surface area contributed by atoms with Gasteiger partial charge in [-0.05, 0) is 30.5 Å². The van der Waals surface area contributed by atoms with Crippen molar-refractivity contribution in [2.45, 2.75) is 31.6 Å². The van der Waals surface area contributed by atoms with Crippen LogP contribution in [0.3, 0.4) is 0 Å². The van der Waals surface area contributed by atoms with E-state index < -0.39 is 17.8 Å². The first kappa shape index (κ1) is 13.1. The summed E-state index contributed by atoms with van der Waals surface area (Å²) in [6, 6.07) is 3.62. The molecular formula is C14H16N2O4. The van der Waals surface area contributed by atoms with Gasteiger partial charge < -0.3 is 15.2 Å². The van der Waals surface area contributed by atoms with E-state index in [-0.39, 0.29) is 18.1 Å². The van der Waals surface area contributed by atoms with E-state index in [1.807, 2.05) is 12.1 Å². The Morgan fingerprint density at radius 3 is 2.55 bits per heavy atom. The number of nitrogens with zero attached hydrogens (tertiary/aromatic N) is 1. The van der Waals surface area contributed by atoms with E-state index in [0.29, 0.717) is 6.54 Å². The Bertz CT molecular complexity index is 519. The van der Waals surface area contributed by atoms with E-state index >= 15 is 0 Å². The zero-order chi connectivity index (χ0) is 14.1. The second kappa shape index (κ2) is 5.20. The van der Waals surface area contributed by atoms with Crippen LogP contribution in [0, 0.1) is 11.8 Å². The van der Waals surface area contributed by atoms with E-state index in [0.717, 1.165) is 18.4 Å². The number of carbonyl (C=O) groups is 2. The van der Waals surface area contributed by atoms with Gasteiger partial charge in [-0.3, -0.25) is 14.6 Å². The molecule has 106 valence electrons. The van der Waals surface area contributed by atoms with Gasteiger partial charge in [0.2, 0.25) is 5.91 Å². The Balaban J connectivity index is 1.66. The molecule has 0 saturated carbocycles. The van der Waals surface area contributed by atoms with Crippen molar-refractivity contribution in [1.82, 2.24) is 10.3 Å². The van der Waals surface area contributed by atoms with Gasteiger partial charge in [0, 0.05) is 18.9 Å². The van der Waals surface area contributed by atoms with Crippen molar-refractivity contribution in [3.05, 3.63) is 30.1 Å². The third-order valence-corrected chi connectivity index (χ3v) is 4.08. The van der Waals surface area contributed by atoms with Gasteiger partial charge in [0.15, 0.2) is 0 Å². The number of rotatable bonds is 4. The van der Waals surface area contributed by atoms with Crippen molar-refractivity contribution < 1.29 is 19.4 Å². The molecule has 6 heteroatoms. The standard InChI is InChI=1S/C14H16N2O4/c17-13(16-7-8-3-5-15-6-4-8)11-9-1-2-10(20-9)12(11)14(18)19/h3-6,9-12H,1-2,7H2,(H,16,17)(H,18,19)/t9-,10-,11+,12+/m1/s1. The van der Waals surface area contributed by atoms with Crippen LogP contribution in [-0.4, -0.2) is 34.2 Å². The van der Waals surface area contributed by atoms with Gasteiger partial charge in [-0.25, -0.2) is 0 Å². The van der Waals surface area contributed by atoms with Gasteiger partial charge >= 0.3 is 5.97 Å². The predicted molar refractivity (Wildman–Crippen MR) is 68.6 cm³/mol. The molecule has 3 heterocycles.